The Balaban J connectivity index is 1.86. The van der Waals surface area contributed by atoms with Gasteiger partial charge in [0, 0.05) is 25.7 Å². The highest BCUT2D eigenvalue weighted by atomic mass is 35.5. The third kappa shape index (κ3) is 3.89. The van der Waals surface area contributed by atoms with Gasteiger partial charge in [0.05, 0.1) is 15.5 Å². The monoisotopic (exact) mass is 283 g/mol. The van der Waals surface area contributed by atoms with E-state index in [2.05, 4.69) is 10.2 Å². The van der Waals surface area contributed by atoms with Crippen molar-refractivity contribution in [2.24, 2.45) is 0 Å². The van der Waals surface area contributed by atoms with Gasteiger partial charge in [-0.05, 0) is 32.0 Å². The number of hydrogen-bond acceptors (Lipinski definition) is 4. The first-order valence-electron chi connectivity index (χ1n) is 6.53. The van der Waals surface area contributed by atoms with Crippen molar-refractivity contribution in [1.29, 1.82) is 0 Å². The minimum Gasteiger partial charge on any atom is -0.311 e. The summed E-state index contributed by atoms with van der Waals surface area (Å²) in [5.41, 5.74) is 0.650. The molecule has 6 heteroatoms. The highest BCUT2D eigenvalue weighted by Crippen LogP contribution is 2.25. The first kappa shape index (κ1) is 14.2. The van der Waals surface area contributed by atoms with Crippen LogP contribution in [0.4, 0.5) is 5.69 Å². The Morgan fingerprint density at radius 1 is 1.37 bits per heavy atom. The molecule has 0 aliphatic carbocycles. The van der Waals surface area contributed by atoms with Crippen molar-refractivity contribution in [3.05, 3.63) is 38.9 Å². The van der Waals surface area contributed by atoms with Crippen LogP contribution in [0.3, 0.4) is 0 Å². The maximum atomic E-state index is 10.9. The Labute approximate surface area is 117 Å². The van der Waals surface area contributed by atoms with E-state index in [-0.39, 0.29) is 10.6 Å². The molecule has 0 bridgehead atoms. The Bertz CT molecular complexity index is 448. The van der Waals surface area contributed by atoms with Crippen molar-refractivity contribution in [2.75, 3.05) is 26.2 Å². The zero-order valence-electron chi connectivity index (χ0n) is 10.8. The summed E-state index contributed by atoms with van der Waals surface area (Å²) >= 11 is 6.02. The molecule has 0 amide bonds. The molecular formula is C13H18ClN3O2. The molecule has 0 unspecified atom stereocenters. The van der Waals surface area contributed by atoms with E-state index in [9.17, 15) is 10.1 Å². The lowest BCUT2D eigenvalue weighted by molar-refractivity contribution is -0.385. The molecule has 1 aromatic carbocycles. The first-order valence-corrected chi connectivity index (χ1v) is 6.91. The first-order chi connectivity index (χ1) is 9.18. The summed E-state index contributed by atoms with van der Waals surface area (Å²) in [7, 11) is 0. The van der Waals surface area contributed by atoms with Crippen molar-refractivity contribution < 1.29 is 4.92 Å². The van der Waals surface area contributed by atoms with Gasteiger partial charge >= 0.3 is 0 Å². The van der Waals surface area contributed by atoms with Crippen LogP contribution in [0.2, 0.25) is 5.02 Å². The molecule has 0 radical (unpaired) electrons. The van der Waals surface area contributed by atoms with Crippen molar-refractivity contribution >= 4 is 17.3 Å². The van der Waals surface area contributed by atoms with Crippen LogP contribution in [0, 0.1) is 10.1 Å². The van der Waals surface area contributed by atoms with Gasteiger partial charge < -0.3 is 10.2 Å². The van der Waals surface area contributed by atoms with Crippen molar-refractivity contribution in [2.45, 2.75) is 19.4 Å². The van der Waals surface area contributed by atoms with Crippen LogP contribution in [-0.2, 0) is 6.54 Å². The Hall–Kier alpha value is -1.17. The Morgan fingerprint density at radius 3 is 2.79 bits per heavy atom. The predicted octanol–water partition coefficient (Wildman–Crippen LogP) is 2.43. The molecule has 1 aliphatic rings. The van der Waals surface area contributed by atoms with E-state index < -0.39 is 0 Å². The van der Waals surface area contributed by atoms with Gasteiger partial charge in [-0.25, -0.2) is 0 Å². The minimum absolute atomic E-state index is 0.0844. The molecule has 1 N–H and O–H groups in total. The largest absolute Gasteiger partial charge is 0.311 e. The van der Waals surface area contributed by atoms with E-state index in [4.69, 9.17) is 11.6 Å². The van der Waals surface area contributed by atoms with Crippen molar-refractivity contribution in [3.63, 3.8) is 0 Å². The lowest BCUT2D eigenvalue weighted by atomic mass is 10.2. The van der Waals surface area contributed by atoms with Crippen LogP contribution in [0.15, 0.2) is 18.2 Å². The number of nitro groups is 1. The summed E-state index contributed by atoms with van der Waals surface area (Å²) in [4.78, 5) is 12.9. The second-order valence-corrected chi connectivity index (χ2v) is 5.13. The molecule has 1 fully saturated rings. The van der Waals surface area contributed by atoms with E-state index in [1.165, 1.54) is 18.9 Å². The molecule has 0 spiro atoms. The van der Waals surface area contributed by atoms with Gasteiger partial charge in [-0.2, -0.15) is 0 Å². The highest BCUT2D eigenvalue weighted by molar-refractivity contribution is 6.31. The maximum Gasteiger partial charge on any atom is 0.275 e. The molecule has 2 rings (SSSR count). The molecule has 0 saturated carbocycles. The van der Waals surface area contributed by atoms with E-state index >= 15 is 0 Å². The highest BCUT2D eigenvalue weighted by Gasteiger charge is 2.16. The van der Waals surface area contributed by atoms with Crippen molar-refractivity contribution in [1.82, 2.24) is 10.2 Å². The second kappa shape index (κ2) is 6.84. The number of halogens is 1. The molecule has 0 aromatic heterocycles. The quantitative estimate of drug-likeness (QED) is 0.495. The molecule has 104 valence electrons. The van der Waals surface area contributed by atoms with E-state index in [0.29, 0.717) is 17.1 Å². The number of nitrogens with zero attached hydrogens (tertiary/aromatic N) is 2. The third-order valence-corrected chi connectivity index (χ3v) is 3.75. The minimum atomic E-state index is -0.386. The molecule has 1 aliphatic heterocycles. The standard InChI is InChI=1S/C13H18ClN3O2/c14-12-4-3-5-13(17(18)19)11(12)10-15-6-9-16-7-1-2-8-16/h3-5,15H,1-2,6-10H2. The number of rotatable bonds is 6. The Kier molecular flexibility index (Phi) is 5.13. The molecule has 1 aromatic rings. The number of benzene rings is 1. The molecule has 0 atom stereocenters. The van der Waals surface area contributed by atoms with Crippen LogP contribution < -0.4 is 5.32 Å². The Morgan fingerprint density at radius 2 is 2.11 bits per heavy atom. The van der Waals surface area contributed by atoms with Gasteiger partial charge in [-0.3, -0.25) is 10.1 Å². The normalized spacial score (nSPS) is 15.8. The summed E-state index contributed by atoms with van der Waals surface area (Å²) in [6.45, 7) is 4.56. The molecule has 1 saturated heterocycles. The van der Waals surface area contributed by atoms with Crippen LogP contribution in [0.25, 0.3) is 0 Å². The summed E-state index contributed by atoms with van der Waals surface area (Å²) < 4.78 is 0. The van der Waals surface area contributed by atoms with Crippen LogP contribution in [-0.4, -0.2) is 36.0 Å². The topological polar surface area (TPSA) is 58.4 Å². The lowest BCUT2D eigenvalue weighted by Crippen LogP contribution is -2.29. The van der Waals surface area contributed by atoms with Gasteiger partial charge in [0.1, 0.15) is 0 Å². The summed E-state index contributed by atoms with van der Waals surface area (Å²) in [5.74, 6) is 0. The number of nitrogens with one attached hydrogen (secondary N) is 1. The smallest absolute Gasteiger partial charge is 0.275 e. The average molecular weight is 284 g/mol. The van der Waals surface area contributed by atoms with Gasteiger partial charge in [0.2, 0.25) is 0 Å². The third-order valence-electron chi connectivity index (χ3n) is 3.40. The summed E-state index contributed by atoms with van der Waals surface area (Å²) in [6, 6.07) is 4.78. The fourth-order valence-electron chi connectivity index (χ4n) is 2.35. The molecule has 1 heterocycles. The summed E-state index contributed by atoms with van der Waals surface area (Å²) in [6.07, 6.45) is 2.55. The van der Waals surface area contributed by atoms with E-state index in [1.807, 2.05) is 0 Å². The van der Waals surface area contributed by atoms with Crippen LogP contribution in [0.1, 0.15) is 18.4 Å². The second-order valence-electron chi connectivity index (χ2n) is 4.72. The van der Waals surface area contributed by atoms with Crippen LogP contribution >= 0.6 is 11.6 Å². The van der Waals surface area contributed by atoms with E-state index in [1.54, 1.807) is 12.1 Å². The molecule has 5 nitrogen and oxygen atoms in total. The maximum absolute atomic E-state index is 10.9. The summed E-state index contributed by atoms with van der Waals surface area (Å²) in [5, 5.41) is 14.6. The van der Waals surface area contributed by atoms with Gasteiger partial charge in [-0.1, -0.05) is 17.7 Å². The number of likely N-dealkylation sites (tertiary alicyclic amines) is 1. The van der Waals surface area contributed by atoms with Gasteiger partial charge in [0.25, 0.3) is 5.69 Å². The lowest BCUT2D eigenvalue weighted by Gasteiger charge is -2.15. The molecule has 19 heavy (non-hydrogen) atoms. The number of nitro benzene ring substituents is 1. The van der Waals surface area contributed by atoms with Gasteiger partial charge in [0.15, 0.2) is 0 Å². The van der Waals surface area contributed by atoms with Crippen LogP contribution in [0.5, 0.6) is 0 Å². The van der Waals surface area contributed by atoms with Gasteiger partial charge in [-0.15, -0.1) is 0 Å². The van der Waals surface area contributed by atoms with E-state index in [0.717, 1.165) is 26.2 Å². The fourth-order valence-corrected chi connectivity index (χ4v) is 2.59. The van der Waals surface area contributed by atoms with Crippen molar-refractivity contribution in [3.8, 4) is 0 Å². The zero-order chi connectivity index (χ0) is 13.7. The number of hydrogen-bond donors (Lipinski definition) is 1. The molecular weight excluding hydrogens is 266 g/mol. The predicted molar refractivity (Wildman–Crippen MR) is 75.5 cm³/mol. The SMILES string of the molecule is O=[N+]([O-])c1cccc(Cl)c1CNCCN1CCCC1. The average Bonchev–Trinajstić information content (AvgIpc) is 2.88. The zero-order valence-corrected chi connectivity index (χ0v) is 11.5. The fraction of sp³-hybridized carbons (Fsp3) is 0.538.